The van der Waals surface area contributed by atoms with E-state index < -0.39 is 5.97 Å². The number of hydrogen-bond acceptors (Lipinski definition) is 6. The third kappa shape index (κ3) is 3.74. The maximum Gasteiger partial charge on any atom is 0.337 e. The summed E-state index contributed by atoms with van der Waals surface area (Å²) >= 11 is 0. The van der Waals surface area contributed by atoms with Crippen LogP contribution in [0.15, 0.2) is 59.1 Å². The van der Waals surface area contributed by atoms with Crippen molar-refractivity contribution in [1.29, 1.82) is 0 Å². The molecule has 0 spiro atoms. The number of aromatic nitrogens is 1. The molecular formula is C19H15NO5. The van der Waals surface area contributed by atoms with E-state index in [-0.39, 0.29) is 5.97 Å². The molecule has 2 aromatic carbocycles. The van der Waals surface area contributed by atoms with Gasteiger partial charge in [-0.2, -0.15) is 0 Å². The van der Waals surface area contributed by atoms with Gasteiger partial charge in [0, 0.05) is 24.1 Å². The third-order valence-corrected chi connectivity index (χ3v) is 3.51. The number of benzene rings is 2. The molecule has 0 N–H and O–H groups in total. The van der Waals surface area contributed by atoms with E-state index in [1.165, 1.54) is 14.0 Å². The first-order valence-electron chi connectivity index (χ1n) is 7.51. The summed E-state index contributed by atoms with van der Waals surface area (Å²) in [7, 11) is 1.34. The number of carbonyl (C=O) groups is 2. The number of esters is 2. The summed E-state index contributed by atoms with van der Waals surface area (Å²) in [5.74, 6) is 0.290. The first-order valence-corrected chi connectivity index (χ1v) is 7.51. The summed E-state index contributed by atoms with van der Waals surface area (Å²) in [5, 5.41) is 4.05. The number of rotatable bonds is 4. The molecule has 0 bridgehead atoms. The summed E-state index contributed by atoms with van der Waals surface area (Å²) in [6.07, 6.45) is 0. The van der Waals surface area contributed by atoms with Crippen LogP contribution in [-0.2, 0) is 9.53 Å². The zero-order chi connectivity index (χ0) is 17.8. The minimum atomic E-state index is -0.391. The Morgan fingerprint density at radius 2 is 1.60 bits per heavy atom. The van der Waals surface area contributed by atoms with Gasteiger partial charge in [0.05, 0.1) is 12.7 Å². The number of nitrogens with zero attached hydrogens (tertiary/aromatic N) is 1. The molecule has 126 valence electrons. The number of ether oxygens (including phenoxy) is 2. The Morgan fingerprint density at radius 3 is 2.20 bits per heavy atom. The quantitative estimate of drug-likeness (QED) is 0.533. The second-order valence-electron chi connectivity index (χ2n) is 5.26. The highest BCUT2D eigenvalue weighted by Gasteiger charge is 2.11. The van der Waals surface area contributed by atoms with E-state index in [2.05, 4.69) is 9.89 Å². The fraction of sp³-hybridized carbons (Fsp3) is 0.105. The molecule has 0 saturated carbocycles. The number of carbonyl (C=O) groups excluding carboxylic acids is 2. The van der Waals surface area contributed by atoms with Crippen molar-refractivity contribution in [3.8, 4) is 28.3 Å². The van der Waals surface area contributed by atoms with Gasteiger partial charge in [-0.25, -0.2) is 4.79 Å². The number of methoxy groups -OCH3 is 1. The molecule has 0 aliphatic rings. The predicted octanol–water partition coefficient (Wildman–Crippen LogP) is 3.72. The van der Waals surface area contributed by atoms with Crippen molar-refractivity contribution in [2.75, 3.05) is 7.11 Å². The summed E-state index contributed by atoms with van der Waals surface area (Å²) in [5.41, 5.74) is 2.74. The molecule has 0 amide bonds. The first-order chi connectivity index (χ1) is 12.1. The van der Waals surface area contributed by atoms with Crippen LogP contribution >= 0.6 is 0 Å². The SMILES string of the molecule is COC(=O)c1ccc(-c2cc(-c3ccc(OC(C)=O)cc3)no2)cc1. The Balaban J connectivity index is 1.80. The van der Waals surface area contributed by atoms with Gasteiger partial charge in [0.25, 0.3) is 0 Å². The molecule has 6 heteroatoms. The average Bonchev–Trinajstić information content (AvgIpc) is 3.11. The van der Waals surface area contributed by atoms with Crippen LogP contribution in [0.2, 0.25) is 0 Å². The van der Waals surface area contributed by atoms with E-state index in [4.69, 9.17) is 9.26 Å². The second-order valence-corrected chi connectivity index (χ2v) is 5.26. The van der Waals surface area contributed by atoms with Crippen molar-refractivity contribution in [2.45, 2.75) is 6.92 Å². The summed E-state index contributed by atoms with van der Waals surface area (Å²) in [4.78, 5) is 22.4. The van der Waals surface area contributed by atoms with Crippen LogP contribution < -0.4 is 4.74 Å². The standard InChI is InChI=1S/C19H15NO5/c1-12(21)24-16-9-7-13(8-10-16)17-11-18(25-20-17)14-3-5-15(6-4-14)19(22)23-2/h3-11H,1-2H3. The molecule has 25 heavy (non-hydrogen) atoms. The Hall–Kier alpha value is -3.41. The predicted molar refractivity (Wildman–Crippen MR) is 90.0 cm³/mol. The van der Waals surface area contributed by atoms with E-state index in [0.717, 1.165) is 11.1 Å². The maximum absolute atomic E-state index is 11.5. The lowest BCUT2D eigenvalue weighted by Gasteiger charge is -2.01. The van der Waals surface area contributed by atoms with E-state index >= 15 is 0 Å². The maximum atomic E-state index is 11.5. The summed E-state index contributed by atoms with van der Waals surface area (Å²) in [6.45, 7) is 1.35. The zero-order valence-electron chi connectivity index (χ0n) is 13.7. The molecule has 0 radical (unpaired) electrons. The molecule has 1 heterocycles. The van der Waals surface area contributed by atoms with Crippen molar-refractivity contribution in [3.05, 3.63) is 60.2 Å². The number of hydrogen-bond donors (Lipinski definition) is 0. The van der Waals surface area contributed by atoms with Gasteiger partial charge in [-0.05, 0) is 36.4 Å². The van der Waals surface area contributed by atoms with Gasteiger partial charge >= 0.3 is 11.9 Å². The van der Waals surface area contributed by atoms with Gasteiger partial charge in [0.15, 0.2) is 5.76 Å². The molecule has 1 aromatic heterocycles. The van der Waals surface area contributed by atoms with Crippen molar-refractivity contribution in [2.24, 2.45) is 0 Å². The highest BCUT2D eigenvalue weighted by Crippen LogP contribution is 2.27. The summed E-state index contributed by atoms with van der Waals surface area (Å²) < 4.78 is 15.0. The Bertz CT molecular complexity index is 894. The molecule has 0 saturated heterocycles. The Morgan fingerprint density at radius 1 is 0.960 bits per heavy atom. The van der Waals surface area contributed by atoms with Crippen LogP contribution in [-0.4, -0.2) is 24.2 Å². The van der Waals surface area contributed by atoms with E-state index in [0.29, 0.717) is 22.8 Å². The van der Waals surface area contributed by atoms with E-state index in [1.807, 2.05) is 0 Å². The Labute approximate surface area is 144 Å². The summed E-state index contributed by atoms with van der Waals surface area (Å²) in [6, 6.07) is 15.6. The van der Waals surface area contributed by atoms with Gasteiger partial charge in [0.2, 0.25) is 0 Å². The lowest BCUT2D eigenvalue weighted by molar-refractivity contribution is -0.131. The first kappa shape index (κ1) is 16.4. The third-order valence-electron chi connectivity index (χ3n) is 3.51. The van der Waals surface area contributed by atoms with Gasteiger partial charge in [-0.1, -0.05) is 17.3 Å². The fourth-order valence-corrected chi connectivity index (χ4v) is 2.30. The van der Waals surface area contributed by atoms with Gasteiger partial charge in [-0.3, -0.25) is 4.79 Å². The van der Waals surface area contributed by atoms with Crippen molar-refractivity contribution in [3.63, 3.8) is 0 Å². The van der Waals surface area contributed by atoms with Crippen molar-refractivity contribution < 1.29 is 23.6 Å². The smallest absolute Gasteiger partial charge is 0.337 e. The van der Waals surface area contributed by atoms with Crippen LogP contribution in [0, 0.1) is 0 Å². The second kappa shape index (κ2) is 7.00. The molecule has 3 aromatic rings. The zero-order valence-corrected chi connectivity index (χ0v) is 13.7. The minimum absolute atomic E-state index is 0.369. The van der Waals surface area contributed by atoms with Crippen LogP contribution in [0.4, 0.5) is 0 Å². The average molecular weight is 337 g/mol. The van der Waals surface area contributed by atoms with Gasteiger partial charge in [-0.15, -0.1) is 0 Å². The normalized spacial score (nSPS) is 10.3. The molecule has 0 unspecified atom stereocenters. The van der Waals surface area contributed by atoms with E-state index in [1.54, 1.807) is 54.6 Å². The molecule has 0 aliphatic heterocycles. The van der Waals surface area contributed by atoms with Gasteiger partial charge in [0.1, 0.15) is 11.4 Å². The molecule has 6 nitrogen and oxygen atoms in total. The van der Waals surface area contributed by atoms with Crippen LogP contribution in [0.3, 0.4) is 0 Å². The van der Waals surface area contributed by atoms with Crippen LogP contribution in [0.1, 0.15) is 17.3 Å². The molecule has 0 fully saturated rings. The van der Waals surface area contributed by atoms with E-state index in [9.17, 15) is 9.59 Å². The largest absolute Gasteiger partial charge is 0.465 e. The lowest BCUT2D eigenvalue weighted by atomic mass is 10.1. The molecule has 0 aliphatic carbocycles. The van der Waals surface area contributed by atoms with Crippen LogP contribution in [0.25, 0.3) is 22.6 Å². The molecule has 0 atom stereocenters. The fourth-order valence-electron chi connectivity index (χ4n) is 2.30. The highest BCUT2D eigenvalue weighted by molar-refractivity contribution is 5.89. The Kier molecular flexibility index (Phi) is 4.61. The lowest BCUT2D eigenvalue weighted by Crippen LogP contribution is -2.00. The van der Waals surface area contributed by atoms with Crippen molar-refractivity contribution in [1.82, 2.24) is 5.16 Å². The molecular weight excluding hydrogens is 322 g/mol. The highest BCUT2D eigenvalue weighted by atomic mass is 16.5. The van der Waals surface area contributed by atoms with Crippen molar-refractivity contribution >= 4 is 11.9 Å². The molecule has 3 rings (SSSR count). The van der Waals surface area contributed by atoms with Gasteiger partial charge < -0.3 is 14.0 Å². The monoisotopic (exact) mass is 337 g/mol. The van der Waals surface area contributed by atoms with Crippen LogP contribution in [0.5, 0.6) is 5.75 Å². The minimum Gasteiger partial charge on any atom is -0.465 e. The topological polar surface area (TPSA) is 78.6 Å².